The van der Waals surface area contributed by atoms with Crippen LogP contribution in [0.3, 0.4) is 0 Å². The predicted molar refractivity (Wildman–Crippen MR) is 35.1 cm³/mol. The molecule has 2 aliphatic rings. The summed E-state index contributed by atoms with van der Waals surface area (Å²) in [7, 11) is 1.93. The normalized spacial score (nSPS) is 55.3. The lowest BCUT2D eigenvalue weighted by atomic mass is 10.1. The summed E-state index contributed by atoms with van der Waals surface area (Å²) in [5.74, 6) is 1.51. The first-order valence-corrected chi connectivity index (χ1v) is 3.68. The van der Waals surface area contributed by atoms with Gasteiger partial charge in [0.1, 0.15) is 0 Å². The zero-order valence-electron chi connectivity index (χ0n) is 5.67. The second-order valence-corrected chi connectivity index (χ2v) is 3.28. The minimum Gasteiger partial charge on any atom is -0.391 e. The Labute approximate surface area is 55.3 Å². The number of rotatable bonds is 1. The van der Waals surface area contributed by atoms with Crippen molar-refractivity contribution >= 4 is 0 Å². The van der Waals surface area contributed by atoms with Crippen molar-refractivity contribution in [2.75, 3.05) is 7.05 Å². The monoisotopic (exact) mass is 127 g/mol. The van der Waals surface area contributed by atoms with Gasteiger partial charge >= 0.3 is 0 Å². The van der Waals surface area contributed by atoms with Gasteiger partial charge in [-0.05, 0) is 31.7 Å². The molecule has 0 bridgehead atoms. The van der Waals surface area contributed by atoms with E-state index in [2.05, 4.69) is 5.32 Å². The summed E-state index contributed by atoms with van der Waals surface area (Å²) in [6.45, 7) is 0. The van der Waals surface area contributed by atoms with Gasteiger partial charge in [-0.3, -0.25) is 0 Å². The Morgan fingerprint density at radius 2 is 2.22 bits per heavy atom. The van der Waals surface area contributed by atoms with Crippen LogP contribution in [-0.2, 0) is 0 Å². The molecule has 9 heavy (non-hydrogen) atoms. The van der Waals surface area contributed by atoms with E-state index >= 15 is 0 Å². The lowest BCUT2D eigenvalue weighted by Gasteiger charge is -2.15. The van der Waals surface area contributed by atoms with E-state index in [1.54, 1.807) is 0 Å². The molecule has 0 aromatic carbocycles. The molecule has 2 nitrogen and oxygen atoms in total. The fraction of sp³-hybridized carbons (Fsp3) is 1.00. The maximum Gasteiger partial charge on any atom is 0.0724 e. The first-order valence-electron chi connectivity index (χ1n) is 3.68. The fourth-order valence-corrected chi connectivity index (χ4v) is 2.01. The highest BCUT2D eigenvalue weighted by molar-refractivity contribution is 5.04. The van der Waals surface area contributed by atoms with Gasteiger partial charge in [-0.15, -0.1) is 0 Å². The van der Waals surface area contributed by atoms with Gasteiger partial charge in [0, 0.05) is 6.04 Å². The second kappa shape index (κ2) is 1.70. The lowest BCUT2D eigenvalue weighted by molar-refractivity contribution is 0.129. The molecule has 4 atom stereocenters. The molecule has 0 spiro atoms. The molecule has 0 aromatic rings. The van der Waals surface area contributed by atoms with E-state index in [9.17, 15) is 5.11 Å². The minimum absolute atomic E-state index is 0.0417. The highest BCUT2D eigenvalue weighted by Gasteiger charge is 2.52. The number of hydrogen-bond acceptors (Lipinski definition) is 2. The Hall–Kier alpha value is -0.0800. The molecule has 0 saturated heterocycles. The van der Waals surface area contributed by atoms with Crippen LogP contribution in [0.15, 0.2) is 0 Å². The number of nitrogens with one attached hydrogen (secondary N) is 1. The quantitative estimate of drug-likeness (QED) is 0.518. The number of aliphatic hydroxyl groups is 1. The SMILES string of the molecule is CNC1CC2CC2C1O. The van der Waals surface area contributed by atoms with E-state index in [4.69, 9.17) is 0 Å². The molecule has 0 heterocycles. The summed E-state index contributed by atoms with van der Waals surface area (Å²) in [6, 6.07) is 0.397. The van der Waals surface area contributed by atoms with Crippen molar-refractivity contribution in [3.8, 4) is 0 Å². The third-order valence-electron chi connectivity index (χ3n) is 2.76. The van der Waals surface area contributed by atoms with Crippen molar-refractivity contribution in [2.24, 2.45) is 11.8 Å². The molecule has 2 aliphatic carbocycles. The molecular weight excluding hydrogens is 114 g/mol. The van der Waals surface area contributed by atoms with Gasteiger partial charge in [0.05, 0.1) is 6.10 Å². The van der Waals surface area contributed by atoms with Crippen molar-refractivity contribution in [2.45, 2.75) is 25.0 Å². The summed E-state index contributed by atoms with van der Waals surface area (Å²) < 4.78 is 0. The Kier molecular flexibility index (Phi) is 1.08. The highest BCUT2D eigenvalue weighted by atomic mass is 16.3. The first-order chi connectivity index (χ1) is 4.33. The second-order valence-electron chi connectivity index (χ2n) is 3.28. The highest BCUT2D eigenvalue weighted by Crippen LogP contribution is 2.51. The first kappa shape index (κ1) is 5.69. The predicted octanol–water partition coefficient (Wildman–Crippen LogP) is -0.0249. The number of fused-ring (bicyclic) bond motifs is 1. The molecule has 2 saturated carbocycles. The summed E-state index contributed by atoms with van der Waals surface area (Å²) in [4.78, 5) is 0. The zero-order chi connectivity index (χ0) is 6.43. The van der Waals surface area contributed by atoms with Crippen LogP contribution < -0.4 is 5.32 Å². The van der Waals surface area contributed by atoms with Crippen molar-refractivity contribution < 1.29 is 5.11 Å². The van der Waals surface area contributed by atoms with Gasteiger partial charge in [-0.1, -0.05) is 0 Å². The molecule has 2 heteroatoms. The van der Waals surface area contributed by atoms with Gasteiger partial charge in [-0.25, -0.2) is 0 Å². The largest absolute Gasteiger partial charge is 0.391 e. The number of aliphatic hydroxyl groups excluding tert-OH is 1. The van der Waals surface area contributed by atoms with E-state index in [-0.39, 0.29) is 6.10 Å². The van der Waals surface area contributed by atoms with Gasteiger partial charge in [-0.2, -0.15) is 0 Å². The van der Waals surface area contributed by atoms with Crippen LogP contribution in [-0.4, -0.2) is 24.3 Å². The van der Waals surface area contributed by atoms with E-state index in [1.807, 2.05) is 7.05 Å². The molecule has 4 unspecified atom stereocenters. The Balaban J connectivity index is 1.99. The van der Waals surface area contributed by atoms with Gasteiger partial charge < -0.3 is 10.4 Å². The average Bonchev–Trinajstić information content (AvgIpc) is 2.55. The molecular formula is C7H13NO. The molecule has 2 rings (SSSR count). The smallest absolute Gasteiger partial charge is 0.0724 e. The van der Waals surface area contributed by atoms with Crippen molar-refractivity contribution in [3.05, 3.63) is 0 Å². The summed E-state index contributed by atoms with van der Waals surface area (Å²) in [5, 5.41) is 12.6. The maximum absolute atomic E-state index is 9.44. The molecule has 52 valence electrons. The Morgan fingerprint density at radius 3 is 2.56 bits per heavy atom. The minimum atomic E-state index is -0.0417. The molecule has 0 radical (unpaired) electrons. The van der Waals surface area contributed by atoms with E-state index in [0.717, 1.165) is 5.92 Å². The molecule has 0 amide bonds. The fourth-order valence-electron chi connectivity index (χ4n) is 2.01. The van der Waals surface area contributed by atoms with Crippen LogP contribution in [0, 0.1) is 11.8 Å². The van der Waals surface area contributed by atoms with Crippen molar-refractivity contribution in [1.29, 1.82) is 0 Å². The van der Waals surface area contributed by atoms with Crippen LogP contribution in [0.25, 0.3) is 0 Å². The zero-order valence-corrected chi connectivity index (χ0v) is 5.67. The number of hydrogen-bond donors (Lipinski definition) is 2. The van der Waals surface area contributed by atoms with Crippen LogP contribution in [0.4, 0.5) is 0 Å². The van der Waals surface area contributed by atoms with Crippen molar-refractivity contribution in [1.82, 2.24) is 5.32 Å². The molecule has 0 aliphatic heterocycles. The van der Waals surface area contributed by atoms with Crippen LogP contribution >= 0.6 is 0 Å². The lowest BCUT2D eigenvalue weighted by Crippen LogP contribution is -2.35. The molecule has 2 N–H and O–H groups in total. The Morgan fingerprint density at radius 1 is 1.44 bits per heavy atom. The molecule has 2 fully saturated rings. The van der Waals surface area contributed by atoms with Crippen LogP contribution in [0.2, 0.25) is 0 Å². The summed E-state index contributed by atoms with van der Waals surface area (Å²) in [6.07, 6.45) is 2.43. The average molecular weight is 127 g/mol. The van der Waals surface area contributed by atoms with Gasteiger partial charge in [0.2, 0.25) is 0 Å². The van der Waals surface area contributed by atoms with E-state index in [1.165, 1.54) is 12.8 Å². The number of likely N-dealkylation sites (N-methyl/N-ethyl adjacent to an activating group) is 1. The maximum atomic E-state index is 9.44. The molecule has 0 aromatic heterocycles. The summed E-state index contributed by atoms with van der Waals surface area (Å²) in [5.41, 5.74) is 0. The van der Waals surface area contributed by atoms with Crippen LogP contribution in [0.5, 0.6) is 0 Å². The third-order valence-corrected chi connectivity index (χ3v) is 2.76. The van der Waals surface area contributed by atoms with Crippen molar-refractivity contribution in [3.63, 3.8) is 0 Å². The van der Waals surface area contributed by atoms with Crippen LogP contribution in [0.1, 0.15) is 12.8 Å². The van der Waals surface area contributed by atoms with Gasteiger partial charge in [0.15, 0.2) is 0 Å². The summed E-state index contributed by atoms with van der Waals surface area (Å²) >= 11 is 0. The third kappa shape index (κ3) is 0.700. The van der Waals surface area contributed by atoms with E-state index < -0.39 is 0 Å². The van der Waals surface area contributed by atoms with Gasteiger partial charge in [0.25, 0.3) is 0 Å². The Bertz CT molecular complexity index is 126. The topological polar surface area (TPSA) is 32.3 Å². The van der Waals surface area contributed by atoms with E-state index in [0.29, 0.717) is 12.0 Å². The standard InChI is InChI=1S/C7H13NO/c1-8-6-3-4-2-5(4)7(6)9/h4-9H,2-3H2,1H3.